The van der Waals surface area contributed by atoms with Crippen LogP contribution in [0.5, 0.6) is 5.75 Å². The summed E-state index contributed by atoms with van der Waals surface area (Å²) in [6.45, 7) is 1.84. The zero-order chi connectivity index (χ0) is 12.4. The van der Waals surface area contributed by atoms with Crippen LogP contribution in [0.25, 0.3) is 10.9 Å². The predicted molar refractivity (Wildman–Crippen MR) is 62.2 cm³/mol. The zero-order valence-corrected chi connectivity index (χ0v) is 9.85. The van der Waals surface area contributed by atoms with Gasteiger partial charge in [-0.15, -0.1) is 5.10 Å². The van der Waals surface area contributed by atoms with Crippen LogP contribution in [0, 0.1) is 6.92 Å². The molecule has 0 N–H and O–H groups in total. The molecule has 5 heteroatoms. The Morgan fingerprint density at radius 2 is 1.94 bits per heavy atom. The molecule has 0 radical (unpaired) electrons. The monoisotopic (exact) mass is 232 g/mol. The Morgan fingerprint density at radius 3 is 2.59 bits per heavy atom. The number of rotatable bonds is 2. The molecule has 2 aromatic rings. The van der Waals surface area contributed by atoms with Crippen LogP contribution in [-0.2, 0) is 4.74 Å². The molecule has 88 valence electrons. The third kappa shape index (κ3) is 2.04. The highest BCUT2D eigenvalue weighted by atomic mass is 16.5. The van der Waals surface area contributed by atoms with Gasteiger partial charge in [0.05, 0.1) is 25.5 Å². The fraction of sp³-hybridized carbons (Fsp3) is 0.250. The highest BCUT2D eigenvalue weighted by molar-refractivity contribution is 5.96. The standard InChI is InChI=1S/C12H12N2O3/c1-7-4-8-5-9(12(15)17-3)6-10(16-2)11(8)14-13-7/h4-6H,1-3H3. The third-order valence-corrected chi connectivity index (χ3v) is 2.42. The van der Waals surface area contributed by atoms with E-state index in [1.165, 1.54) is 14.2 Å². The molecule has 2 rings (SSSR count). The molecule has 0 fully saturated rings. The minimum atomic E-state index is -0.403. The number of carbonyl (C=O) groups is 1. The molecule has 0 saturated carbocycles. The number of nitrogens with zero attached hydrogens (tertiary/aromatic N) is 2. The van der Waals surface area contributed by atoms with Crippen LogP contribution in [0.15, 0.2) is 18.2 Å². The van der Waals surface area contributed by atoms with E-state index in [9.17, 15) is 4.79 Å². The maximum Gasteiger partial charge on any atom is 0.338 e. The molecule has 1 aromatic heterocycles. The van der Waals surface area contributed by atoms with E-state index in [-0.39, 0.29) is 0 Å². The fourth-order valence-corrected chi connectivity index (χ4v) is 1.62. The van der Waals surface area contributed by atoms with Crippen LogP contribution in [-0.4, -0.2) is 30.4 Å². The summed E-state index contributed by atoms with van der Waals surface area (Å²) in [5.74, 6) is 0.107. The molecule has 17 heavy (non-hydrogen) atoms. The van der Waals surface area contributed by atoms with Crippen molar-refractivity contribution in [3.63, 3.8) is 0 Å². The molecule has 0 bridgehead atoms. The van der Waals surface area contributed by atoms with E-state index in [4.69, 9.17) is 4.74 Å². The molecule has 0 aliphatic carbocycles. The van der Waals surface area contributed by atoms with Crippen LogP contribution in [0.2, 0.25) is 0 Å². The summed E-state index contributed by atoms with van der Waals surface area (Å²) in [7, 11) is 2.87. The van der Waals surface area contributed by atoms with Crippen molar-refractivity contribution in [3.05, 3.63) is 29.5 Å². The Kier molecular flexibility index (Phi) is 2.91. The van der Waals surface area contributed by atoms with Crippen LogP contribution in [0.3, 0.4) is 0 Å². The van der Waals surface area contributed by atoms with Crippen molar-refractivity contribution in [2.45, 2.75) is 6.92 Å². The van der Waals surface area contributed by atoms with Gasteiger partial charge in [0.2, 0.25) is 0 Å². The topological polar surface area (TPSA) is 61.3 Å². The largest absolute Gasteiger partial charge is 0.494 e. The molecular weight excluding hydrogens is 220 g/mol. The SMILES string of the molecule is COC(=O)c1cc(OC)c2nnc(C)cc2c1. The predicted octanol–water partition coefficient (Wildman–Crippen LogP) is 1.73. The van der Waals surface area contributed by atoms with E-state index in [2.05, 4.69) is 14.9 Å². The summed E-state index contributed by atoms with van der Waals surface area (Å²) in [5.41, 5.74) is 1.84. The number of fused-ring (bicyclic) bond motifs is 1. The van der Waals surface area contributed by atoms with Crippen LogP contribution >= 0.6 is 0 Å². The minimum Gasteiger partial charge on any atom is -0.494 e. The van der Waals surface area contributed by atoms with Gasteiger partial charge >= 0.3 is 5.97 Å². The van der Waals surface area contributed by atoms with Crippen molar-refractivity contribution in [1.82, 2.24) is 10.2 Å². The van der Waals surface area contributed by atoms with Gasteiger partial charge in [-0.05, 0) is 25.1 Å². The lowest BCUT2D eigenvalue weighted by molar-refractivity contribution is 0.0600. The Balaban J connectivity index is 2.71. The molecule has 0 amide bonds. The van der Waals surface area contributed by atoms with Gasteiger partial charge in [0.15, 0.2) is 0 Å². The number of hydrogen-bond acceptors (Lipinski definition) is 5. The second-order valence-corrected chi connectivity index (χ2v) is 3.59. The summed E-state index contributed by atoms with van der Waals surface area (Å²) < 4.78 is 9.88. The van der Waals surface area contributed by atoms with Crippen molar-refractivity contribution in [1.29, 1.82) is 0 Å². The molecule has 0 aliphatic rings. The normalized spacial score (nSPS) is 10.3. The van der Waals surface area contributed by atoms with Crippen molar-refractivity contribution >= 4 is 16.9 Å². The minimum absolute atomic E-state index is 0.403. The first-order chi connectivity index (χ1) is 8.15. The van der Waals surface area contributed by atoms with E-state index in [0.717, 1.165) is 11.1 Å². The van der Waals surface area contributed by atoms with Gasteiger partial charge in [-0.1, -0.05) is 0 Å². The van der Waals surface area contributed by atoms with Gasteiger partial charge in [0.25, 0.3) is 0 Å². The number of benzene rings is 1. The molecule has 1 heterocycles. The van der Waals surface area contributed by atoms with Crippen molar-refractivity contribution in [2.75, 3.05) is 14.2 Å². The smallest absolute Gasteiger partial charge is 0.338 e. The van der Waals surface area contributed by atoms with E-state index in [0.29, 0.717) is 16.8 Å². The molecule has 1 aromatic carbocycles. The lowest BCUT2D eigenvalue weighted by Gasteiger charge is -2.07. The number of carbonyl (C=O) groups excluding carboxylic acids is 1. The number of hydrogen-bond donors (Lipinski definition) is 0. The molecule has 0 unspecified atom stereocenters. The van der Waals surface area contributed by atoms with E-state index < -0.39 is 5.97 Å². The summed E-state index contributed by atoms with van der Waals surface area (Å²) >= 11 is 0. The first-order valence-electron chi connectivity index (χ1n) is 5.06. The lowest BCUT2D eigenvalue weighted by Crippen LogP contribution is -2.02. The summed E-state index contributed by atoms with van der Waals surface area (Å²) in [4.78, 5) is 11.5. The Labute approximate surface area is 98.4 Å². The third-order valence-electron chi connectivity index (χ3n) is 2.42. The molecular formula is C12H12N2O3. The van der Waals surface area contributed by atoms with Gasteiger partial charge in [-0.3, -0.25) is 0 Å². The Morgan fingerprint density at radius 1 is 1.18 bits per heavy atom. The highest BCUT2D eigenvalue weighted by Crippen LogP contribution is 2.25. The summed E-state index contributed by atoms with van der Waals surface area (Å²) in [5, 5.41) is 8.82. The first-order valence-corrected chi connectivity index (χ1v) is 5.06. The second kappa shape index (κ2) is 4.37. The maximum absolute atomic E-state index is 11.5. The maximum atomic E-state index is 11.5. The van der Waals surface area contributed by atoms with Crippen molar-refractivity contribution in [2.24, 2.45) is 0 Å². The number of ether oxygens (including phenoxy) is 2. The fourth-order valence-electron chi connectivity index (χ4n) is 1.62. The van der Waals surface area contributed by atoms with Crippen LogP contribution < -0.4 is 4.74 Å². The number of methoxy groups -OCH3 is 2. The number of aryl methyl sites for hydroxylation is 1. The van der Waals surface area contributed by atoms with Gasteiger partial charge in [0, 0.05) is 5.39 Å². The lowest BCUT2D eigenvalue weighted by atomic mass is 10.1. The van der Waals surface area contributed by atoms with Gasteiger partial charge in [-0.25, -0.2) is 4.79 Å². The second-order valence-electron chi connectivity index (χ2n) is 3.59. The van der Waals surface area contributed by atoms with Crippen LogP contribution in [0.4, 0.5) is 0 Å². The van der Waals surface area contributed by atoms with E-state index in [1.54, 1.807) is 12.1 Å². The van der Waals surface area contributed by atoms with E-state index >= 15 is 0 Å². The first kappa shape index (κ1) is 11.3. The Bertz CT molecular complexity index is 581. The zero-order valence-electron chi connectivity index (χ0n) is 9.85. The average Bonchev–Trinajstić information content (AvgIpc) is 2.35. The van der Waals surface area contributed by atoms with Gasteiger partial charge in [-0.2, -0.15) is 5.10 Å². The average molecular weight is 232 g/mol. The molecule has 0 saturated heterocycles. The molecule has 0 spiro atoms. The van der Waals surface area contributed by atoms with Crippen molar-refractivity contribution < 1.29 is 14.3 Å². The summed E-state index contributed by atoms with van der Waals surface area (Å²) in [6, 6.07) is 5.15. The van der Waals surface area contributed by atoms with E-state index in [1.807, 2.05) is 13.0 Å². The quantitative estimate of drug-likeness (QED) is 0.738. The molecule has 0 aliphatic heterocycles. The van der Waals surface area contributed by atoms with Gasteiger partial charge in [0.1, 0.15) is 11.3 Å². The number of aromatic nitrogens is 2. The van der Waals surface area contributed by atoms with Crippen LogP contribution in [0.1, 0.15) is 16.1 Å². The molecule has 0 atom stereocenters. The van der Waals surface area contributed by atoms with Crippen molar-refractivity contribution in [3.8, 4) is 5.75 Å². The highest BCUT2D eigenvalue weighted by Gasteiger charge is 2.12. The summed E-state index contributed by atoms with van der Waals surface area (Å²) in [6.07, 6.45) is 0. The molecule has 5 nitrogen and oxygen atoms in total. The number of esters is 1. The van der Waals surface area contributed by atoms with Gasteiger partial charge < -0.3 is 9.47 Å². The Hall–Kier alpha value is -2.17.